The first kappa shape index (κ1) is 26.2. The maximum absolute atomic E-state index is 11.5. The van der Waals surface area contributed by atoms with Crippen LogP contribution in [0.1, 0.15) is 43.9 Å². The van der Waals surface area contributed by atoms with Crippen molar-refractivity contribution in [2.24, 2.45) is 11.1 Å². The Morgan fingerprint density at radius 1 is 1.05 bits per heavy atom. The van der Waals surface area contributed by atoms with Gasteiger partial charge in [-0.3, -0.25) is 4.79 Å². The van der Waals surface area contributed by atoms with E-state index >= 15 is 0 Å². The van der Waals surface area contributed by atoms with Crippen molar-refractivity contribution >= 4 is 35.5 Å². The Balaban J connectivity index is 1.49. The van der Waals surface area contributed by atoms with Crippen LogP contribution in [0.2, 0.25) is 5.02 Å². The van der Waals surface area contributed by atoms with Crippen molar-refractivity contribution in [1.82, 2.24) is 4.98 Å². The van der Waals surface area contributed by atoms with Crippen LogP contribution < -0.4 is 5.32 Å². The van der Waals surface area contributed by atoms with E-state index in [-0.39, 0.29) is 12.0 Å². The molecule has 1 amide bonds. The number of anilines is 1. The van der Waals surface area contributed by atoms with E-state index < -0.39 is 5.91 Å². The molecule has 4 rings (SSSR count). The third-order valence-corrected chi connectivity index (χ3v) is 6.95. The van der Waals surface area contributed by atoms with Gasteiger partial charge < -0.3 is 15.5 Å². The topological polar surface area (TPSA) is 104 Å². The molecule has 0 aliphatic heterocycles. The highest BCUT2D eigenvalue weighted by Gasteiger charge is 2.27. The molecule has 190 valence electrons. The van der Waals surface area contributed by atoms with Crippen LogP contribution in [0.15, 0.2) is 65.5 Å². The van der Waals surface area contributed by atoms with Crippen molar-refractivity contribution in [2.75, 3.05) is 12.4 Å². The molecule has 7 nitrogen and oxygen atoms in total. The van der Waals surface area contributed by atoms with E-state index in [2.05, 4.69) is 27.6 Å². The van der Waals surface area contributed by atoms with Crippen LogP contribution in [0.25, 0.3) is 28.5 Å². The molecule has 1 saturated carbocycles. The molecule has 0 unspecified atom stereocenters. The van der Waals surface area contributed by atoms with Gasteiger partial charge in [0.1, 0.15) is 0 Å². The van der Waals surface area contributed by atoms with E-state index in [1.807, 2.05) is 56.4 Å². The molecule has 1 aliphatic carbocycles. The Kier molecular flexibility index (Phi) is 8.46. The number of carbonyl (C=O) groups is 1. The summed E-state index contributed by atoms with van der Waals surface area (Å²) in [5.41, 5.74) is 5.91. The quantitative estimate of drug-likeness (QED) is 0.185. The summed E-state index contributed by atoms with van der Waals surface area (Å²) in [5, 5.41) is 14.1. The van der Waals surface area contributed by atoms with Gasteiger partial charge in [0.25, 0.3) is 5.91 Å². The molecule has 2 N–H and O–H groups in total. The molecule has 0 bridgehead atoms. The van der Waals surface area contributed by atoms with Crippen molar-refractivity contribution in [3.8, 4) is 22.4 Å². The molecule has 1 fully saturated rings. The molecule has 1 heterocycles. The number of nitrogens with one attached hydrogen (secondary N) is 2. The molecule has 8 heteroatoms. The van der Waals surface area contributed by atoms with Crippen LogP contribution in [-0.4, -0.2) is 30.3 Å². The zero-order valence-electron chi connectivity index (χ0n) is 20.8. The summed E-state index contributed by atoms with van der Waals surface area (Å²) >= 11 is 6.64. The Labute approximate surface area is 221 Å². The van der Waals surface area contributed by atoms with Gasteiger partial charge in [-0.2, -0.15) is 0 Å². The second kappa shape index (κ2) is 11.9. The molecule has 1 aromatic heterocycles. The van der Waals surface area contributed by atoms with Gasteiger partial charge in [0, 0.05) is 41.2 Å². The summed E-state index contributed by atoms with van der Waals surface area (Å²) < 4.78 is 6.07. The predicted octanol–water partition coefficient (Wildman–Crippen LogP) is 7.34. The van der Waals surface area contributed by atoms with Gasteiger partial charge in [-0.1, -0.05) is 48.0 Å². The van der Waals surface area contributed by atoms with Crippen molar-refractivity contribution in [3.05, 3.63) is 81.5 Å². The number of aromatic nitrogens is 1. The van der Waals surface area contributed by atoms with E-state index in [9.17, 15) is 9.70 Å². The Morgan fingerprint density at radius 2 is 1.65 bits per heavy atom. The fourth-order valence-corrected chi connectivity index (χ4v) is 4.89. The maximum atomic E-state index is 11.5. The number of hydrogen-bond donors (Lipinski definition) is 2. The lowest BCUT2D eigenvalue weighted by Gasteiger charge is -2.27. The zero-order valence-corrected chi connectivity index (χ0v) is 21.6. The van der Waals surface area contributed by atoms with Crippen molar-refractivity contribution in [3.63, 3.8) is 0 Å². The predicted molar refractivity (Wildman–Crippen MR) is 149 cm³/mol. The van der Waals surface area contributed by atoms with Gasteiger partial charge in [0.05, 0.1) is 28.3 Å². The molecule has 0 atom stereocenters. The molecule has 3 aromatic rings. The van der Waals surface area contributed by atoms with Gasteiger partial charge in [0.15, 0.2) is 0 Å². The first-order valence-electron chi connectivity index (χ1n) is 12.2. The van der Waals surface area contributed by atoms with E-state index in [4.69, 9.17) is 21.7 Å². The number of nitroso groups, excluding NO2 is 1. The summed E-state index contributed by atoms with van der Waals surface area (Å²) in [7, 11) is 1.89. The number of amides is 1. The Morgan fingerprint density at radius 3 is 2.22 bits per heavy atom. The number of halogens is 1. The summed E-state index contributed by atoms with van der Waals surface area (Å²) in [6.45, 7) is 1.85. The first-order chi connectivity index (χ1) is 17.9. The average Bonchev–Trinajstić information content (AvgIpc) is 2.93. The number of allylic oxidation sites excluding steroid dienone is 1. The van der Waals surface area contributed by atoms with Crippen molar-refractivity contribution < 1.29 is 9.53 Å². The first-order valence-corrected chi connectivity index (χ1v) is 12.6. The second-order valence-electron chi connectivity index (χ2n) is 9.12. The molecular weight excluding hydrogens is 488 g/mol. The lowest BCUT2D eigenvalue weighted by molar-refractivity contribution is -0.123. The van der Waals surface area contributed by atoms with Gasteiger partial charge in [-0.25, -0.2) is 4.98 Å². The maximum Gasteiger partial charge on any atom is 0.289 e. The van der Waals surface area contributed by atoms with E-state index in [1.165, 1.54) is 6.21 Å². The SMILES string of the molecule is CNc1ccc(-c2ccc(-c3nc(C=N)c(C=C(C)OC4CCC(C(=O)N=O)CC4)cc3Cl)cc2)cc1. The lowest BCUT2D eigenvalue weighted by Crippen LogP contribution is -2.25. The van der Waals surface area contributed by atoms with Gasteiger partial charge in [-0.15, -0.1) is 4.91 Å². The normalized spacial score (nSPS) is 17.6. The Bertz CT molecular complexity index is 1310. The Hall–Kier alpha value is -3.84. The third kappa shape index (κ3) is 6.30. The smallest absolute Gasteiger partial charge is 0.289 e. The number of ether oxygens (including phenoxy) is 1. The number of hydrogen-bond acceptors (Lipinski definition) is 6. The minimum absolute atomic E-state index is 0.0361. The third-order valence-electron chi connectivity index (χ3n) is 6.66. The zero-order chi connectivity index (χ0) is 26.4. The molecule has 37 heavy (non-hydrogen) atoms. The molecule has 2 aromatic carbocycles. The van der Waals surface area contributed by atoms with Crippen LogP contribution in [-0.2, 0) is 9.53 Å². The number of rotatable bonds is 8. The van der Waals surface area contributed by atoms with Gasteiger partial charge >= 0.3 is 0 Å². The minimum Gasteiger partial charge on any atom is -0.495 e. The molecule has 0 saturated heterocycles. The van der Waals surface area contributed by atoms with Gasteiger partial charge in [0.2, 0.25) is 0 Å². The highest BCUT2D eigenvalue weighted by atomic mass is 35.5. The van der Waals surface area contributed by atoms with Gasteiger partial charge in [-0.05, 0) is 68.0 Å². The van der Waals surface area contributed by atoms with Crippen LogP contribution in [0.3, 0.4) is 0 Å². The number of benzene rings is 2. The van der Waals surface area contributed by atoms with E-state index in [1.54, 1.807) is 6.07 Å². The van der Waals surface area contributed by atoms with Crippen molar-refractivity contribution in [2.45, 2.75) is 38.7 Å². The standard InChI is InChI=1S/C29H29ClN4O3/c1-18(37-25-13-9-22(10-14-25)29(35)34-36)15-23-16-26(30)28(33-27(23)17-31)21-5-3-19(4-6-21)20-7-11-24(32-2)12-8-20/h3-8,11-12,15-17,22,25,31-32H,9-10,13-14H2,1-2H3. The van der Waals surface area contributed by atoms with Crippen LogP contribution in [0.4, 0.5) is 5.69 Å². The number of nitrogens with zero attached hydrogens (tertiary/aromatic N) is 2. The highest BCUT2D eigenvalue weighted by molar-refractivity contribution is 6.33. The number of carbonyl (C=O) groups excluding carboxylic acids is 1. The molecule has 1 aliphatic rings. The van der Waals surface area contributed by atoms with Crippen LogP contribution in [0, 0.1) is 16.2 Å². The molecule has 0 spiro atoms. The lowest BCUT2D eigenvalue weighted by atomic mass is 9.87. The summed E-state index contributed by atoms with van der Waals surface area (Å²) in [6.07, 6.45) is 5.55. The largest absolute Gasteiger partial charge is 0.495 e. The highest BCUT2D eigenvalue weighted by Crippen LogP contribution is 2.32. The fourth-order valence-electron chi connectivity index (χ4n) is 4.62. The summed E-state index contributed by atoms with van der Waals surface area (Å²) in [6, 6.07) is 18.0. The van der Waals surface area contributed by atoms with Crippen molar-refractivity contribution in [1.29, 1.82) is 5.41 Å². The van der Waals surface area contributed by atoms with E-state index in [0.29, 0.717) is 53.4 Å². The van der Waals surface area contributed by atoms with E-state index in [0.717, 1.165) is 22.4 Å². The molecular formula is C29H29ClN4O3. The second-order valence-corrected chi connectivity index (χ2v) is 9.53. The monoisotopic (exact) mass is 516 g/mol. The fraction of sp³-hybridized carbons (Fsp3) is 0.276. The minimum atomic E-state index is -0.569. The number of pyridine rings is 1. The summed E-state index contributed by atoms with van der Waals surface area (Å²) in [4.78, 5) is 26.6. The summed E-state index contributed by atoms with van der Waals surface area (Å²) in [5.74, 6) is -0.194. The van der Waals surface area contributed by atoms with Crippen LogP contribution in [0.5, 0.6) is 0 Å². The molecule has 0 radical (unpaired) electrons. The average molecular weight is 517 g/mol. The van der Waals surface area contributed by atoms with Crippen LogP contribution >= 0.6 is 11.6 Å².